The highest BCUT2D eigenvalue weighted by Crippen LogP contribution is 2.49. The molecule has 2 aliphatic heterocycles. The summed E-state index contributed by atoms with van der Waals surface area (Å²) in [5.74, 6) is 0.223. The van der Waals surface area contributed by atoms with Gasteiger partial charge in [-0.25, -0.2) is 9.97 Å². The minimum atomic E-state index is -0.189. The summed E-state index contributed by atoms with van der Waals surface area (Å²) in [6.45, 7) is 6.35. The SMILES string of the molecule is CCC(=O)c1cnc(NC(=O)C2CC2)cc1Nc1cccc2c1N(C)C(C)c1c-2cnn1C1CN(Cc2cccc(C(=O)NC)n2)C1. The lowest BCUT2D eigenvalue weighted by molar-refractivity contribution is -0.117. The molecule has 12 heteroatoms. The molecule has 242 valence electrons. The Morgan fingerprint density at radius 2 is 1.79 bits per heavy atom. The van der Waals surface area contributed by atoms with E-state index in [4.69, 9.17) is 5.10 Å². The van der Waals surface area contributed by atoms with Crippen LogP contribution in [0.5, 0.6) is 0 Å². The second-order valence-electron chi connectivity index (χ2n) is 12.6. The highest BCUT2D eigenvalue weighted by atomic mass is 16.2. The van der Waals surface area contributed by atoms with Crippen molar-refractivity contribution in [1.29, 1.82) is 0 Å². The van der Waals surface area contributed by atoms with Crippen molar-refractivity contribution >= 4 is 40.5 Å². The molecule has 1 saturated heterocycles. The number of nitrogens with one attached hydrogen (secondary N) is 3. The van der Waals surface area contributed by atoms with Gasteiger partial charge < -0.3 is 20.9 Å². The number of hydrogen-bond acceptors (Lipinski definition) is 9. The van der Waals surface area contributed by atoms with Gasteiger partial charge in [0.25, 0.3) is 5.91 Å². The Hall–Kier alpha value is -5.10. The van der Waals surface area contributed by atoms with Crippen molar-refractivity contribution in [2.24, 2.45) is 5.92 Å². The number of carbonyl (C=O) groups is 3. The van der Waals surface area contributed by atoms with E-state index in [1.165, 1.54) is 0 Å². The van der Waals surface area contributed by atoms with Gasteiger partial charge in [-0.05, 0) is 38.0 Å². The minimum absolute atomic E-state index is 0.0281. The summed E-state index contributed by atoms with van der Waals surface area (Å²) in [7, 11) is 3.69. The van der Waals surface area contributed by atoms with Gasteiger partial charge in [-0.3, -0.25) is 24.0 Å². The predicted octanol–water partition coefficient (Wildman–Crippen LogP) is 4.95. The number of pyridine rings is 2. The van der Waals surface area contributed by atoms with Crippen LogP contribution in [0.4, 0.5) is 22.9 Å². The molecular weight excluding hydrogens is 594 g/mol. The zero-order chi connectivity index (χ0) is 32.8. The van der Waals surface area contributed by atoms with Crippen LogP contribution in [-0.2, 0) is 11.3 Å². The number of ketones is 1. The van der Waals surface area contributed by atoms with Gasteiger partial charge >= 0.3 is 0 Å². The molecule has 4 aromatic rings. The molecule has 1 unspecified atom stereocenters. The number of aromatic nitrogens is 4. The van der Waals surface area contributed by atoms with Crippen molar-refractivity contribution in [2.45, 2.75) is 51.7 Å². The maximum Gasteiger partial charge on any atom is 0.269 e. The molecule has 3 aliphatic rings. The summed E-state index contributed by atoms with van der Waals surface area (Å²) < 4.78 is 2.17. The van der Waals surface area contributed by atoms with Crippen LogP contribution < -0.4 is 20.9 Å². The molecule has 3 aromatic heterocycles. The molecule has 0 spiro atoms. The van der Waals surface area contributed by atoms with E-state index in [0.717, 1.165) is 59.8 Å². The Bertz CT molecular complexity index is 1880. The molecule has 7 rings (SSSR count). The van der Waals surface area contributed by atoms with Crippen LogP contribution in [0.25, 0.3) is 11.1 Å². The molecule has 0 bridgehead atoms. The van der Waals surface area contributed by atoms with Crippen LogP contribution in [0.2, 0.25) is 0 Å². The van der Waals surface area contributed by atoms with Crippen LogP contribution in [0.1, 0.15) is 77.4 Å². The first-order valence-corrected chi connectivity index (χ1v) is 16.2. The summed E-state index contributed by atoms with van der Waals surface area (Å²) in [5, 5.41) is 14.0. The maximum absolute atomic E-state index is 12.9. The number of para-hydroxylation sites is 1. The summed E-state index contributed by atoms with van der Waals surface area (Å²) in [6.07, 6.45) is 5.65. The lowest BCUT2D eigenvalue weighted by Crippen LogP contribution is -2.48. The lowest BCUT2D eigenvalue weighted by Gasteiger charge is -2.42. The average Bonchev–Trinajstić information content (AvgIpc) is 3.83. The number of amides is 2. The molecule has 47 heavy (non-hydrogen) atoms. The first-order valence-electron chi connectivity index (χ1n) is 16.2. The summed E-state index contributed by atoms with van der Waals surface area (Å²) in [6, 6.07) is 13.7. The van der Waals surface area contributed by atoms with Gasteiger partial charge in [0.1, 0.15) is 11.5 Å². The van der Waals surface area contributed by atoms with Crippen molar-refractivity contribution in [3.8, 4) is 11.1 Å². The second kappa shape index (κ2) is 12.3. The number of hydrogen-bond donors (Lipinski definition) is 3. The van der Waals surface area contributed by atoms with E-state index in [2.05, 4.69) is 60.4 Å². The molecule has 5 heterocycles. The molecular formula is C35H39N9O3. The third-order valence-corrected chi connectivity index (χ3v) is 9.42. The number of nitrogens with zero attached hydrogens (tertiary/aromatic N) is 6. The Labute approximate surface area is 273 Å². The van der Waals surface area contributed by atoms with Gasteiger partial charge in [-0.1, -0.05) is 25.1 Å². The second-order valence-corrected chi connectivity index (χ2v) is 12.6. The average molecular weight is 634 g/mol. The third kappa shape index (κ3) is 5.73. The Morgan fingerprint density at radius 1 is 1.00 bits per heavy atom. The topological polar surface area (TPSA) is 137 Å². The van der Waals surface area contributed by atoms with Gasteiger partial charge in [0.05, 0.1) is 52.3 Å². The quantitative estimate of drug-likeness (QED) is 0.207. The number of anilines is 4. The van der Waals surface area contributed by atoms with Crippen LogP contribution in [0.15, 0.2) is 54.9 Å². The maximum atomic E-state index is 12.9. The molecule has 1 saturated carbocycles. The summed E-state index contributed by atoms with van der Waals surface area (Å²) >= 11 is 0. The molecule has 1 aliphatic carbocycles. The van der Waals surface area contributed by atoms with E-state index in [1.807, 2.05) is 37.4 Å². The van der Waals surface area contributed by atoms with E-state index in [9.17, 15) is 14.4 Å². The van der Waals surface area contributed by atoms with E-state index in [0.29, 0.717) is 35.7 Å². The van der Waals surface area contributed by atoms with Crippen molar-refractivity contribution in [3.63, 3.8) is 0 Å². The fourth-order valence-corrected chi connectivity index (χ4v) is 6.54. The monoisotopic (exact) mass is 633 g/mol. The molecule has 12 nitrogen and oxygen atoms in total. The number of likely N-dealkylation sites (tertiary alicyclic amines) is 1. The molecule has 2 fully saturated rings. The van der Waals surface area contributed by atoms with E-state index in [-0.39, 0.29) is 35.6 Å². The molecule has 2 amide bonds. The standard InChI is InChI=1S/C35H39N9O3/c1-5-30(45)26-15-37-31(41-34(46)21-12-13-21)14-29(26)40-27-10-7-9-24-25-16-38-44(32(25)20(2)42(4)33(24)27)23-18-43(19-23)17-22-8-6-11-28(39-22)35(47)36-3/h6-11,14-16,20-21,23H,5,12-13,17-19H2,1-4H3,(H,36,47)(H2,37,40,41,46). The van der Waals surface area contributed by atoms with Crippen LogP contribution in [-0.4, -0.2) is 69.4 Å². The van der Waals surface area contributed by atoms with Crippen molar-refractivity contribution < 1.29 is 14.4 Å². The number of benzene rings is 1. The normalized spacial score (nSPS) is 17.4. The Morgan fingerprint density at radius 3 is 2.53 bits per heavy atom. The highest BCUT2D eigenvalue weighted by Gasteiger charge is 2.37. The zero-order valence-corrected chi connectivity index (χ0v) is 27.1. The van der Waals surface area contributed by atoms with Crippen molar-refractivity contribution in [2.75, 3.05) is 42.7 Å². The number of Topliss-reactive ketones (excluding diaryl/α,β-unsaturated/α-hetero) is 1. The van der Waals surface area contributed by atoms with Crippen LogP contribution in [0.3, 0.4) is 0 Å². The van der Waals surface area contributed by atoms with E-state index >= 15 is 0 Å². The largest absolute Gasteiger partial charge is 0.364 e. The van der Waals surface area contributed by atoms with Gasteiger partial charge in [0, 0.05) is 69.5 Å². The lowest BCUT2D eigenvalue weighted by atomic mass is 9.93. The first kappa shape index (κ1) is 30.5. The van der Waals surface area contributed by atoms with Crippen LogP contribution >= 0.6 is 0 Å². The number of carbonyl (C=O) groups excluding carboxylic acids is 3. The smallest absolute Gasteiger partial charge is 0.269 e. The first-order chi connectivity index (χ1) is 22.7. The molecule has 1 atom stereocenters. The summed E-state index contributed by atoms with van der Waals surface area (Å²) in [4.78, 5) is 50.9. The van der Waals surface area contributed by atoms with Gasteiger partial charge in [-0.2, -0.15) is 5.10 Å². The third-order valence-electron chi connectivity index (χ3n) is 9.42. The molecule has 3 N–H and O–H groups in total. The zero-order valence-electron chi connectivity index (χ0n) is 27.1. The minimum Gasteiger partial charge on any atom is -0.364 e. The van der Waals surface area contributed by atoms with Crippen LogP contribution in [0, 0.1) is 5.92 Å². The highest BCUT2D eigenvalue weighted by molar-refractivity contribution is 6.03. The van der Waals surface area contributed by atoms with Gasteiger partial charge in [0.15, 0.2) is 5.78 Å². The molecule has 1 aromatic carbocycles. The Kier molecular flexibility index (Phi) is 7.96. The van der Waals surface area contributed by atoms with Gasteiger partial charge in [0.2, 0.25) is 5.91 Å². The fourth-order valence-electron chi connectivity index (χ4n) is 6.54. The number of fused-ring (bicyclic) bond motifs is 3. The van der Waals surface area contributed by atoms with Crippen molar-refractivity contribution in [3.05, 3.63) is 77.5 Å². The van der Waals surface area contributed by atoms with E-state index < -0.39 is 0 Å². The molecule has 0 radical (unpaired) electrons. The number of rotatable bonds is 10. The van der Waals surface area contributed by atoms with Crippen molar-refractivity contribution in [1.82, 2.24) is 30.0 Å². The Balaban J connectivity index is 1.14. The van der Waals surface area contributed by atoms with E-state index in [1.54, 1.807) is 25.4 Å². The summed E-state index contributed by atoms with van der Waals surface area (Å²) in [5.41, 5.74) is 7.56. The fraction of sp³-hybridized carbons (Fsp3) is 0.371. The predicted molar refractivity (Wildman–Crippen MR) is 180 cm³/mol. The van der Waals surface area contributed by atoms with Gasteiger partial charge in [-0.15, -0.1) is 0 Å².